The van der Waals surface area contributed by atoms with Crippen LogP contribution in [0.4, 0.5) is 8.78 Å². The molecule has 2 nitrogen and oxygen atoms in total. The molecule has 0 amide bonds. The lowest BCUT2D eigenvalue weighted by Gasteiger charge is -2.07. The van der Waals surface area contributed by atoms with Gasteiger partial charge >= 0.3 is 6.61 Å². The molecule has 0 saturated heterocycles. The summed E-state index contributed by atoms with van der Waals surface area (Å²) in [6, 6.07) is 2.06. The lowest BCUT2D eigenvalue weighted by atomic mass is 10.2. The second-order valence-corrected chi connectivity index (χ2v) is 3.55. The molecule has 0 spiro atoms. The van der Waals surface area contributed by atoms with Crippen molar-refractivity contribution in [2.24, 2.45) is 0 Å². The van der Waals surface area contributed by atoms with Crippen molar-refractivity contribution in [3.05, 3.63) is 27.7 Å². The predicted molar refractivity (Wildman–Crippen MR) is 53.3 cm³/mol. The first kappa shape index (κ1) is 12.5. The molecule has 0 atom stereocenters. The molecule has 0 unspecified atom stereocenters. The summed E-state index contributed by atoms with van der Waals surface area (Å²) in [5.74, 6) is -0.275. The Balaban J connectivity index is 3.17. The quantitative estimate of drug-likeness (QED) is 0.780. The van der Waals surface area contributed by atoms with Crippen molar-refractivity contribution in [2.45, 2.75) is 6.61 Å². The minimum atomic E-state index is -3.01. The van der Waals surface area contributed by atoms with Gasteiger partial charge in [-0.3, -0.25) is 4.79 Å². The fourth-order valence-corrected chi connectivity index (χ4v) is 1.48. The molecule has 0 N–H and O–H groups in total. The van der Waals surface area contributed by atoms with Crippen LogP contribution in [0.2, 0.25) is 10.0 Å². The minimum absolute atomic E-state index is 0.0844. The first-order valence-corrected chi connectivity index (χ1v) is 4.69. The van der Waals surface area contributed by atoms with Gasteiger partial charge in [-0.05, 0) is 17.7 Å². The molecule has 0 aliphatic heterocycles. The summed E-state index contributed by atoms with van der Waals surface area (Å²) in [5, 5.41) is -1.08. The fourth-order valence-electron chi connectivity index (χ4n) is 0.878. The van der Waals surface area contributed by atoms with Crippen LogP contribution in [0, 0.1) is 0 Å². The third kappa shape index (κ3) is 3.19. The van der Waals surface area contributed by atoms with Gasteiger partial charge in [-0.25, -0.2) is 0 Å². The summed E-state index contributed by atoms with van der Waals surface area (Å²) >= 11 is 16.4. The highest BCUT2D eigenvalue weighted by Gasteiger charge is 2.15. The number of carbonyl (C=O) groups is 1. The summed E-state index contributed by atoms with van der Waals surface area (Å²) in [4.78, 5) is 10.8. The van der Waals surface area contributed by atoms with Gasteiger partial charge < -0.3 is 4.74 Å². The smallest absolute Gasteiger partial charge is 0.387 e. The first-order valence-electron chi connectivity index (χ1n) is 3.55. The maximum atomic E-state index is 11.9. The Kier molecular flexibility index (Phi) is 4.13. The molecule has 0 aromatic heterocycles. The Labute approximate surface area is 98.7 Å². The van der Waals surface area contributed by atoms with Crippen LogP contribution < -0.4 is 4.74 Å². The minimum Gasteiger partial charge on any atom is -0.435 e. The van der Waals surface area contributed by atoms with E-state index in [1.807, 2.05) is 0 Å². The highest BCUT2D eigenvalue weighted by molar-refractivity contribution is 6.69. The van der Waals surface area contributed by atoms with E-state index < -0.39 is 11.9 Å². The highest BCUT2D eigenvalue weighted by Crippen LogP contribution is 2.32. The van der Waals surface area contributed by atoms with E-state index in [0.717, 1.165) is 12.1 Å². The average molecular weight is 275 g/mol. The van der Waals surface area contributed by atoms with Crippen LogP contribution in [0.25, 0.3) is 0 Å². The summed E-state index contributed by atoms with van der Waals surface area (Å²) < 4.78 is 27.8. The summed E-state index contributed by atoms with van der Waals surface area (Å²) in [5.41, 5.74) is -0.179. The molecule has 0 saturated carbocycles. The number of hydrogen-bond acceptors (Lipinski definition) is 2. The van der Waals surface area contributed by atoms with E-state index in [2.05, 4.69) is 4.74 Å². The van der Waals surface area contributed by atoms with E-state index in [4.69, 9.17) is 34.8 Å². The molecule has 0 heterocycles. The average Bonchev–Trinajstić information content (AvgIpc) is 2.09. The number of rotatable bonds is 3. The van der Waals surface area contributed by atoms with E-state index in [1.165, 1.54) is 0 Å². The van der Waals surface area contributed by atoms with Gasteiger partial charge in [0.2, 0.25) is 0 Å². The van der Waals surface area contributed by atoms with Crippen molar-refractivity contribution in [1.29, 1.82) is 0 Å². The van der Waals surface area contributed by atoms with Crippen LogP contribution >= 0.6 is 34.8 Å². The van der Waals surface area contributed by atoms with E-state index in [1.54, 1.807) is 0 Å². The number of carbonyl (C=O) groups excluding carboxylic acids is 1. The van der Waals surface area contributed by atoms with Crippen molar-refractivity contribution < 1.29 is 18.3 Å². The van der Waals surface area contributed by atoms with Gasteiger partial charge in [-0.2, -0.15) is 8.78 Å². The number of halogens is 5. The van der Waals surface area contributed by atoms with Crippen molar-refractivity contribution in [3.63, 3.8) is 0 Å². The Morgan fingerprint density at radius 3 is 2.40 bits per heavy atom. The van der Waals surface area contributed by atoms with E-state index in [9.17, 15) is 13.6 Å². The Morgan fingerprint density at radius 2 is 1.93 bits per heavy atom. The number of benzene rings is 1. The molecule has 7 heteroatoms. The lowest BCUT2D eigenvalue weighted by Crippen LogP contribution is -2.03. The zero-order valence-corrected chi connectivity index (χ0v) is 9.21. The van der Waals surface area contributed by atoms with Crippen molar-refractivity contribution >= 4 is 40.0 Å². The third-order valence-corrected chi connectivity index (χ3v) is 2.44. The van der Waals surface area contributed by atoms with Crippen LogP contribution in [-0.2, 0) is 0 Å². The molecule has 1 rings (SSSR count). The summed E-state index contributed by atoms with van der Waals surface area (Å²) in [6.45, 7) is -3.01. The largest absolute Gasteiger partial charge is 0.435 e. The Bertz CT molecular complexity index is 396. The first-order chi connectivity index (χ1) is 6.91. The van der Waals surface area contributed by atoms with Gasteiger partial charge in [0.1, 0.15) is 5.75 Å². The Hall–Kier alpha value is -0.580. The van der Waals surface area contributed by atoms with E-state index in [-0.39, 0.29) is 21.4 Å². The second kappa shape index (κ2) is 4.96. The molecule has 0 aliphatic carbocycles. The number of ether oxygens (including phenoxy) is 1. The van der Waals surface area contributed by atoms with Gasteiger partial charge in [0.25, 0.3) is 5.24 Å². The fraction of sp³-hybridized carbons (Fsp3) is 0.125. The second-order valence-electron chi connectivity index (χ2n) is 2.42. The maximum absolute atomic E-state index is 11.9. The SMILES string of the molecule is O=C(Cl)c1cc(OC(F)F)cc(Cl)c1Cl. The maximum Gasteiger partial charge on any atom is 0.387 e. The van der Waals surface area contributed by atoms with Crippen LogP contribution in [0.5, 0.6) is 5.75 Å². The van der Waals surface area contributed by atoms with Gasteiger partial charge in [0.05, 0.1) is 15.6 Å². The highest BCUT2D eigenvalue weighted by atomic mass is 35.5. The van der Waals surface area contributed by atoms with Crippen molar-refractivity contribution in [1.82, 2.24) is 0 Å². The summed E-state index contributed by atoms with van der Waals surface area (Å²) in [6.07, 6.45) is 0. The zero-order valence-electron chi connectivity index (χ0n) is 6.94. The molecule has 0 fully saturated rings. The third-order valence-electron chi connectivity index (χ3n) is 1.44. The van der Waals surface area contributed by atoms with Gasteiger partial charge in [-0.1, -0.05) is 23.2 Å². The van der Waals surface area contributed by atoms with Gasteiger partial charge in [-0.15, -0.1) is 0 Å². The normalized spacial score (nSPS) is 10.5. The monoisotopic (exact) mass is 274 g/mol. The standard InChI is InChI=1S/C8H3Cl3F2O2/c9-5-2-3(15-8(12)13)1-4(6(5)10)7(11)14/h1-2,8H. The summed E-state index contributed by atoms with van der Waals surface area (Å²) in [7, 11) is 0. The van der Waals surface area contributed by atoms with Crippen LogP contribution in [0.15, 0.2) is 12.1 Å². The van der Waals surface area contributed by atoms with Crippen LogP contribution in [-0.4, -0.2) is 11.9 Å². The molecule has 15 heavy (non-hydrogen) atoms. The Morgan fingerprint density at radius 1 is 1.33 bits per heavy atom. The molecule has 0 radical (unpaired) electrons. The zero-order chi connectivity index (χ0) is 11.6. The molecule has 1 aromatic carbocycles. The van der Waals surface area contributed by atoms with Crippen LogP contribution in [0.1, 0.15) is 10.4 Å². The van der Waals surface area contributed by atoms with E-state index in [0.29, 0.717) is 0 Å². The van der Waals surface area contributed by atoms with Crippen molar-refractivity contribution in [2.75, 3.05) is 0 Å². The number of hydrogen-bond donors (Lipinski definition) is 0. The van der Waals surface area contributed by atoms with E-state index >= 15 is 0 Å². The molecule has 0 bridgehead atoms. The van der Waals surface area contributed by atoms with Crippen molar-refractivity contribution in [3.8, 4) is 5.75 Å². The lowest BCUT2D eigenvalue weighted by molar-refractivity contribution is -0.0498. The predicted octanol–water partition coefficient (Wildman–Crippen LogP) is 3.97. The number of alkyl halides is 2. The topological polar surface area (TPSA) is 26.3 Å². The molecular formula is C8H3Cl3F2O2. The molecular weight excluding hydrogens is 272 g/mol. The molecule has 0 aliphatic rings. The molecule has 1 aromatic rings. The van der Waals surface area contributed by atoms with Crippen LogP contribution in [0.3, 0.4) is 0 Å². The van der Waals surface area contributed by atoms with Gasteiger partial charge in [0.15, 0.2) is 0 Å². The van der Waals surface area contributed by atoms with Gasteiger partial charge in [0, 0.05) is 6.07 Å². The molecule has 82 valence electrons.